The van der Waals surface area contributed by atoms with Crippen molar-refractivity contribution in [1.82, 2.24) is 5.32 Å². The Morgan fingerprint density at radius 2 is 1.73 bits per heavy atom. The lowest BCUT2D eigenvalue weighted by Gasteiger charge is -2.08. The summed E-state index contributed by atoms with van der Waals surface area (Å²) in [7, 11) is 0. The molecule has 0 heterocycles. The smallest absolute Gasteiger partial charge is 0.323 e. The summed E-state index contributed by atoms with van der Waals surface area (Å²) in [6.45, 7) is 0. The van der Waals surface area contributed by atoms with Gasteiger partial charge in [0.05, 0.1) is 11.3 Å². The molecule has 3 amide bonds. The van der Waals surface area contributed by atoms with Gasteiger partial charge in [0.1, 0.15) is 0 Å². The van der Waals surface area contributed by atoms with Crippen molar-refractivity contribution in [3.8, 4) is 0 Å². The van der Waals surface area contributed by atoms with Crippen molar-refractivity contribution in [3.63, 3.8) is 0 Å². The highest BCUT2D eigenvalue weighted by molar-refractivity contribution is 9.10. The largest absolute Gasteiger partial charge is 0.366 e. The van der Waals surface area contributed by atoms with Gasteiger partial charge in [-0.25, -0.2) is 4.79 Å². The predicted octanol–water partition coefficient (Wildman–Crippen LogP) is 3.34. The van der Waals surface area contributed by atoms with E-state index in [1.165, 1.54) is 6.20 Å². The van der Waals surface area contributed by atoms with Crippen LogP contribution >= 0.6 is 15.9 Å². The molecule has 5 nitrogen and oxygen atoms in total. The molecule has 0 radical (unpaired) electrons. The van der Waals surface area contributed by atoms with Crippen LogP contribution in [0.4, 0.5) is 10.5 Å². The van der Waals surface area contributed by atoms with E-state index in [0.29, 0.717) is 5.69 Å². The highest BCUT2D eigenvalue weighted by Crippen LogP contribution is 2.17. The van der Waals surface area contributed by atoms with E-state index in [1.807, 2.05) is 24.3 Å². The first-order chi connectivity index (χ1) is 10.6. The molecule has 2 rings (SSSR count). The average Bonchev–Trinajstić information content (AvgIpc) is 2.49. The fourth-order valence-corrected chi connectivity index (χ4v) is 2.20. The number of para-hydroxylation sites is 1. The van der Waals surface area contributed by atoms with Crippen LogP contribution < -0.4 is 16.4 Å². The van der Waals surface area contributed by atoms with Gasteiger partial charge in [0, 0.05) is 10.7 Å². The molecule has 0 bridgehead atoms. The summed E-state index contributed by atoms with van der Waals surface area (Å²) in [4.78, 5) is 23.1. The van der Waals surface area contributed by atoms with Crippen LogP contribution in [0.15, 0.2) is 59.2 Å². The third-order valence-corrected chi connectivity index (χ3v) is 3.55. The van der Waals surface area contributed by atoms with Crippen LogP contribution in [0.5, 0.6) is 0 Å². The number of carbonyl (C=O) groups is 2. The standard InChI is InChI=1S/C16H14BrN3O2/c17-13-7-3-1-5-11(13)9-10-19-16(22)20-14-8-4-2-6-12(14)15(18)21/h1-10H,(H2,18,21)(H2,19,20,22)/b10-9+. The van der Waals surface area contributed by atoms with Crippen LogP contribution in [0.25, 0.3) is 6.08 Å². The van der Waals surface area contributed by atoms with Gasteiger partial charge in [-0.05, 0) is 29.8 Å². The van der Waals surface area contributed by atoms with Gasteiger partial charge in [0.15, 0.2) is 0 Å². The Balaban J connectivity index is 2.00. The fraction of sp³-hybridized carbons (Fsp3) is 0. The van der Waals surface area contributed by atoms with Crippen LogP contribution in [0.1, 0.15) is 15.9 Å². The molecular weight excluding hydrogens is 346 g/mol. The Hall–Kier alpha value is -2.60. The maximum Gasteiger partial charge on any atom is 0.323 e. The first-order valence-corrected chi connectivity index (χ1v) is 7.24. The van der Waals surface area contributed by atoms with E-state index < -0.39 is 11.9 Å². The first kappa shape index (κ1) is 15.8. The minimum absolute atomic E-state index is 0.257. The SMILES string of the molecule is NC(=O)c1ccccc1NC(=O)N/C=C/c1ccccc1Br. The molecule has 2 aromatic rings. The normalized spacial score (nSPS) is 10.4. The molecule has 0 fully saturated rings. The van der Waals surface area contributed by atoms with E-state index in [4.69, 9.17) is 5.73 Å². The molecule has 112 valence electrons. The zero-order valence-corrected chi connectivity index (χ0v) is 13.1. The van der Waals surface area contributed by atoms with Gasteiger partial charge in [0.2, 0.25) is 0 Å². The van der Waals surface area contributed by atoms with Crippen LogP contribution in [0.3, 0.4) is 0 Å². The van der Waals surface area contributed by atoms with Crippen LogP contribution in [-0.4, -0.2) is 11.9 Å². The molecule has 0 unspecified atom stereocenters. The maximum absolute atomic E-state index is 11.8. The Bertz CT molecular complexity index is 729. The highest BCUT2D eigenvalue weighted by atomic mass is 79.9. The van der Waals surface area contributed by atoms with Gasteiger partial charge in [0.25, 0.3) is 5.91 Å². The number of nitrogens with two attached hydrogens (primary N) is 1. The monoisotopic (exact) mass is 359 g/mol. The van der Waals surface area contributed by atoms with Crippen LogP contribution in [-0.2, 0) is 0 Å². The number of anilines is 1. The Labute approximate surface area is 136 Å². The minimum atomic E-state index is -0.598. The van der Waals surface area contributed by atoms with Crippen molar-refractivity contribution in [2.45, 2.75) is 0 Å². The number of amides is 3. The lowest BCUT2D eigenvalue weighted by atomic mass is 10.1. The van der Waals surface area contributed by atoms with Crippen molar-refractivity contribution >= 4 is 39.6 Å². The van der Waals surface area contributed by atoms with Gasteiger partial charge in [-0.15, -0.1) is 0 Å². The minimum Gasteiger partial charge on any atom is -0.366 e. The molecule has 2 aromatic carbocycles. The van der Waals surface area contributed by atoms with Crippen LogP contribution in [0.2, 0.25) is 0 Å². The van der Waals surface area contributed by atoms with Gasteiger partial charge >= 0.3 is 6.03 Å². The molecule has 0 saturated carbocycles. The summed E-state index contributed by atoms with van der Waals surface area (Å²) in [5, 5.41) is 5.15. The molecule has 6 heteroatoms. The molecule has 0 saturated heterocycles. The quantitative estimate of drug-likeness (QED) is 0.781. The summed E-state index contributed by atoms with van der Waals surface area (Å²) in [5.41, 5.74) is 6.80. The second-order valence-corrected chi connectivity index (χ2v) is 5.22. The predicted molar refractivity (Wildman–Crippen MR) is 90.3 cm³/mol. The van der Waals surface area contributed by atoms with E-state index in [1.54, 1.807) is 30.3 Å². The summed E-state index contributed by atoms with van der Waals surface area (Å²) < 4.78 is 0.924. The summed E-state index contributed by atoms with van der Waals surface area (Å²) in [6.07, 6.45) is 3.27. The Kier molecular flexibility index (Phi) is 5.32. The number of hydrogen-bond donors (Lipinski definition) is 3. The van der Waals surface area contributed by atoms with Crippen molar-refractivity contribution in [2.75, 3.05) is 5.32 Å². The van der Waals surface area contributed by atoms with Crippen molar-refractivity contribution < 1.29 is 9.59 Å². The zero-order valence-electron chi connectivity index (χ0n) is 11.5. The molecule has 0 aliphatic rings. The summed E-state index contributed by atoms with van der Waals surface area (Å²) >= 11 is 3.41. The van der Waals surface area contributed by atoms with Crippen molar-refractivity contribution in [2.24, 2.45) is 5.73 Å². The topological polar surface area (TPSA) is 84.2 Å². The van der Waals surface area contributed by atoms with Crippen molar-refractivity contribution in [1.29, 1.82) is 0 Å². The van der Waals surface area contributed by atoms with E-state index in [0.717, 1.165) is 10.0 Å². The van der Waals surface area contributed by atoms with E-state index in [-0.39, 0.29) is 5.56 Å². The van der Waals surface area contributed by atoms with Gasteiger partial charge in [-0.2, -0.15) is 0 Å². The Morgan fingerprint density at radius 1 is 1.05 bits per heavy atom. The summed E-state index contributed by atoms with van der Waals surface area (Å²) in [6, 6.07) is 13.7. The Morgan fingerprint density at radius 3 is 2.45 bits per heavy atom. The fourth-order valence-electron chi connectivity index (χ4n) is 1.78. The number of urea groups is 1. The number of halogens is 1. The van der Waals surface area contributed by atoms with E-state index >= 15 is 0 Å². The van der Waals surface area contributed by atoms with Gasteiger partial charge in [-0.1, -0.05) is 46.3 Å². The molecule has 0 atom stereocenters. The molecule has 0 aliphatic heterocycles. The number of hydrogen-bond acceptors (Lipinski definition) is 2. The van der Waals surface area contributed by atoms with Crippen molar-refractivity contribution in [3.05, 3.63) is 70.3 Å². The third-order valence-electron chi connectivity index (χ3n) is 2.82. The highest BCUT2D eigenvalue weighted by Gasteiger charge is 2.08. The molecule has 0 aromatic heterocycles. The number of rotatable bonds is 4. The lowest BCUT2D eigenvalue weighted by Crippen LogP contribution is -2.25. The number of nitrogens with one attached hydrogen (secondary N) is 2. The van der Waals surface area contributed by atoms with E-state index in [9.17, 15) is 9.59 Å². The second-order valence-electron chi connectivity index (χ2n) is 4.36. The molecule has 0 aliphatic carbocycles. The van der Waals surface area contributed by atoms with Crippen LogP contribution in [0, 0.1) is 0 Å². The molecule has 22 heavy (non-hydrogen) atoms. The van der Waals surface area contributed by atoms with Gasteiger partial charge < -0.3 is 16.4 Å². The summed E-state index contributed by atoms with van der Waals surface area (Å²) in [5.74, 6) is -0.598. The average molecular weight is 360 g/mol. The third kappa shape index (κ3) is 4.20. The number of benzene rings is 2. The maximum atomic E-state index is 11.8. The number of carbonyl (C=O) groups excluding carboxylic acids is 2. The lowest BCUT2D eigenvalue weighted by molar-refractivity contribution is 0.100. The molecular formula is C16H14BrN3O2. The van der Waals surface area contributed by atoms with Gasteiger partial charge in [-0.3, -0.25) is 4.79 Å². The second kappa shape index (κ2) is 7.42. The number of primary amides is 1. The molecule has 4 N–H and O–H groups in total. The zero-order chi connectivity index (χ0) is 15.9. The molecule has 0 spiro atoms. The van der Waals surface area contributed by atoms with E-state index in [2.05, 4.69) is 26.6 Å². The first-order valence-electron chi connectivity index (χ1n) is 6.45.